The van der Waals surface area contributed by atoms with Crippen molar-refractivity contribution in [1.29, 1.82) is 0 Å². The molecule has 2 aromatic carbocycles. The number of carbonyl (C=O) groups is 3. The minimum Gasteiger partial charge on any atom is -0.349 e. The molecule has 4 saturated carbocycles. The molecule has 6 unspecified atom stereocenters. The van der Waals surface area contributed by atoms with Crippen LogP contribution in [0.1, 0.15) is 83.4 Å². The summed E-state index contributed by atoms with van der Waals surface area (Å²) in [6, 6.07) is 15.1. The standard InChI is InChI=1S/C20H23ClN4O2.C16H21ClN2O/c1-2-17(25-19(26)11-3-5-13(21)6-4-11)18-15-7-14(8-16(15)18)24-20(27)12-9-22-23-10-12;1-2-14(15-12-7-11(18)8-13(12)15)19-16(20)9-3-5-10(17)6-4-9/h3-6,9-10,14-18H,2,7-8H2,1H3,(H,22,23)(H,24,27)(H,25,26);3-6,11-15H,2,7-8,18H2,1H3,(H,19,20)/t14?,15-,16+,17?,18?;11?,12-,13+,14?,15?. The van der Waals surface area contributed by atoms with E-state index in [-0.39, 0.29) is 35.8 Å². The van der Waals surface area contributed by atoms with Crippen LogP contribution in [0, 0.1) is 35.5 Å². The van der Waals surface area contributed by atoms with Crippen LogP contribution in [0.25, 0.3) is 0 Å². The number of hydrogen-bond donors (Lipinski definition) is 5. The molecule has 0 radical (unpaired) electrons. The lowest BCUT2D eigenvalue weighted by molar-refractivity contribution is 0.0916. The van der Waals surface area contributed by atoms with E-state index in [1.807, 2.05) is 0 Å². The summed E-state index contributed by atoms with van der Waals surface area (Å²) >= 11 is 11.7. The summed E-state index contributed by atoms with van der Waals surface area (Å²) < 4.78 is 0. The molecule has 4 fully saturated rings. The zero-order chi connectivity index (χ0) is 33.2. The van der Waals surface area contributed by atoms with E-state index in [2.05, 4.69) is 40.0 Å². The topological polar surface area (TPSA) is 142 Å². The minimum atomic E-state index is -0.0744. The molecule has 47 heavy (non-hydrogen) atoms. The number of rotatable bonds is 10. The number of aromatic nitrogens is 2. The number of amides is 3. The Balaban J connectivity index is 0.000000172. The maximum Gasteiger partial charge on any atom is 0.254 e. The minimum absolute atomic E-state index is 0.00258. The van der Waals surface area contributed by atoms with Gasteiger partial charge in [-0.2, -0.15) is 5.10 Å². The Morgan fingerprint density at radius 3 is 1.60 bits per heavy atom. The average molecular weight is 680 g/mol. The van der Waals surface area contributed by atoms with Crippen LogP contribution in [-0.4, -0.2) is 52.1 Å². The van der Waals surface area contributed by atoms with Crippen molar-refractivity contribution in [2.45, 2.75) is 76.5 Å². The monoisotopic (exact) mass is 678 g/mol. The Hall–Kier alpha value is -3.40. The van der Waals surface area contributed by atoms with E-state index < -0.39 is 0 Å². The van der Waals surface area contributed by atoms with Gasteiger partial charge in [0.2, 0.25) is 0 Å². The van der Waals surface area contributed by atoms with Gasteiger partial charge in [-0.25, -0.2) is 0 Å². The molecule has 6 N–H and O–H groups in total. The first kappa shape index (κ1) is 33.5. The van der Waals surface area contributed by atoms with Gasteiger partial charge in [-0.3, -0.25) is 19.5 Å². The molecule has 0 spiro atoms. The number of nitrogens with zero attached hydrogens (tertiary/aromatic N) is 1. The van der Waals surface area contributed by atoms with Gasteiger partial charge in [0.05, 0.1) is 11.8 Å². The maximum atomic E-state index is 12.5. The Bertz CT molecular complexity index is 1530. The summed E-state index contributed by atoms with van der Waals surface area (Å²) in [5.41, 5.74) is 7.84. The summed E-state index contributed by atoms with van der Waals surface area (Å²) in [6.45, 7) is 4.25. The molecule has 4 aliphatic carbocycles. The summed E-state index contributed by atoms with van der Waals surface area (Å²) in [7, 11) is 0. The van der Waals surface area contributed by atoms with Gasteiger partial charge in [-0.15, -0.1) is 0 Å². The molecular weight excluding hydrogens is 635 g/mol. The third-order valence-electron chi connectivity index (χ3n) is 10.8. The van der Waals surface area contributed by atoms with Gasteiger partial charge < -0.3 is 21.7 Å². The van der Waals surface area contributed by atoms with E-state index in [4.69, 9.17) is 28.9 Å². The summed E-state index contributed by atoms with van der Waals surface area (Å²) in [6.07, 6.45) is 9.24. The molecule has 11 heteroatoms. The molecule has 7 rings (SSSR count). The number of fused-ring (bicyclic) bond motifs is 2. The predicted octanol–water partition coefficient (Wildman–Crippen LogP) is 5.86. The van der Waals surface area contributed by atoms with Crippen LogP contribution in [0.2, 0.25) is 10.0 Å². The van der Waals surface area contributed by atoms with Gasteiger partial charge in [-0.05, 0) is 123 Å². The number of H-pyrrole nitrogens is 1. The van der Waals surface area contributed by atoms with Gasteiger partial charge in [0.1, 0.15) is 0 Å². The Kier molecular flexibility index (Phi) is 10.2. The largest absolute Gasteiger partial charge is 0.349 e. The lowest BCUT2D eigenvalue weighted by Crippen LogP contribution is -2.39. The first-order valence-corrected chi connectivity index (χ1v) is 17.6. The molecule has 1 heterocycles. The maximum absolute atomic E-state index is 12.5. The zero-order valence-corrected chi connectivity index (χ0v) is 28.3. The summed E-state index contributed by atoms with van der Waals surface area (Å²) in [4.78, 5) is 36.9. The van der Waals surface area contributed by atoms with Crippen LogP contribution in [0.4, 0.5) is 0 Å². The van der Waals surface area contributed by atoms with Crippen LogP contribution in [0.3, 0.4) is 0 Å². The van der Waals surface area contributed by atoms with Crippen LogP contribution in [0.5, 0.6) is 0 Å². The SMILES string of the molecule is CCC(NC(=O)c1ccc(Cl)cc1)C1[C@H]2CC(N)C[C@@H]12.CCC(NC(=O)c1ccc(Cl)cc1)C1[C@H]2CC(NC(=O)c3cn[nH]c3)C[C@@H]12. The quantitative estimate of drug-likeness (QED) is 0.183. The predicted molar refractivity (Wildman–Crippen MR) is 183 cm³/mol. The van der Waals surface area contributed by atoms with Crippen molar-refractivity contribution in [1.82, 2.24) is 26.1 Å². The second-order valence-corrected chi connectivity index (χ2v) is 14.5. The lowest BCUT2D eigenvalue weighted by Gasteiger charge is -2.22. The first-order valence-electron chi connectivity index (χ1n) is 16.8. The zero-order valence-electron chi connectivity index (χ0n) is 26.8. The third-order valence-corrected chi connectivity index (χ3v) is 11.3. The number of hydrogen-bond acceptors (Lipinski definition) is 5. The van der Waals surface area contributed by atoms with Crippen LogP contribution >= 0.6 is 23.2 Å². The molecule has 250 valence electrons. The highest BCUT2D eigenvalue weighted by atomic mass is 35.5. The molecule has 3 aromatic rings. The van der Waals surface area contributed by atoms with Crippen LogP contribution < -0.4 is 21.7 Å². The third kappa shape index (κ3) is 7.68. The van der Waals surface area contributed by atoms with E-state index in [1.165, 1.54) is 6.20 Å². The lowest BCUT2D eigenvalue weighted by atomic mass is 9.99. The molecule has 0 aliphatic heterocycles. The highest BCUT2D eigenvalue weighted by Crippen LogP contribution is 2.60. The molecule has 3 amide bonds. The molecule has 0 bridgehead atoms. The Morgan fingerprint density at radius 2 is 1.19 bits per heavy atom. The van der Waals surface area contributed by atoms with Crippen LogP contribution in [-0.2, 0) is 0 Å². The Labute approximate surface area is 286 Å². The van der Waals surface area contributed by atoms with E-state index in [0.29, 0.717) is 56.4 Å². The molecule has 9 nitrogen and oxygen atoms in total. The number of halogens is 2. The van der Waals surface area contributed by atoms with Crippen molar-refractivity contribution in [2.75, 3.05) is 0 Å². The fraction of sp³-hybridized carbons (Fsp3) is 0.500. The van der Waals surface area contributed by atoms with Crippen molar-refractivity contribution >= 4 is 40.9 Å². The van der Waals surface area contributed by atoms with Gasteiger partial charge in [0, 0.05) is 51.5 Å². The van der Waals surface area contributed by atoms with Gasteiger partial charge >= 0.3 is 0 Å². The molecular formula is C36H44Cl2N6O3. The highest BCUT2D eigenvalue weighted by molar-refractivity contribution is 6.31. The van der Waals surface area contributed by atoms with Crippen molar-refractivity contribution in [3.63, 3.8) is 0 Å². The number of carbonyl (C=O) groups excluding carboxylic acids is 3. The molecule has 0 saturated heterocycles. The normalized spacial score (nSPS) is 29.3. The average Bonchev–Trinajstić information content (AvgIpc) is 3.57. The van der Waals surface area contributed by atoms with Gasteiger partial charge in [0.25, 0.3) is 17.7 Å². The smallest absolute Gasteiger partial charge is 0.254 e. The molecule has 1 aromatic heterocycles. The summed E-state index contributed by atoms with van der Waals surface area (Å²) in [5.74, 6) is 3.65. The van der Waals surface area contributed by atoms with E-state index in [1.54, 1.807) is 54.7 Å². The Morgan fingerprint density at radius 1 is 0.745 bits per heavy atom. The van der Waals surface area contributed by atoms with Crippen molar-refractivity contribution in [3.8, 4) is 0 Å². The second kappa shape index (κ2) is 14.4. The van der Waals surface area contributed by atoms with Crippen molar-refractivity contribution in [3.05, 3.63) is 87.7 Å². The second-order valence-electron chi connectivity index (χ2n) is 13.7. The summed E-state index contributed by atoms with van der Waals surface area (Å²) in [5, 5.41) is 17.2. The first-order chi connectivity index (χ1) is 22.7. The highest BCUT2D eigenvalue weighted by Gasteiger charge is 2.59. The van der Waals surface area contributed by atoms with E-state index in [0.717, 1.165) is 50.4 Å². The van der Waals surface area contributed by atoms with Gasteiger partial charge in [-0.1, -0.05) is 37.0 Å². The number of benzene rings is 2. The number of nitrogens with two attached hydrogens (primary N) is 1. The number of nitrogens with one attached hydrogen (secondary N) is 4. The van der Waals surface area contributed by atoms with Crippen molar-refractivity contribution < 1.29 is 14.4 Å². The molecule has 10 atom stereocenters. The number of aromatic amines is 1. The van der Waals surface area contributed by atoms with E-state index in [9.17, 15) is 14.4 Å². The van der Waals surface area contributed by atoms with Gasteiger partial charge in [0.15, 0.2) is 0 Å². The van der Waals surface area contributed by atoms with Crippen LogP contribution in [0.15, 0.2) is 60.9 Å². The molecule has 4 aliphatic rings. The van der Waals surface area contributed by atoms with E-state index >= 15 is 0 Å². The fourth-order valence-electron chi connectivity index (χ4n) is 8.43. The fourth-order valence-corrected chi connectivity index (χ4v) is 8.68. The van der Waals surface area contributed by atoms with Crippen molar-refractivity contribution in [2.24, 2.45) is 41.2 Å².